The fraction of sp³-hybridized carbons (Fsp3) is 0.600. The number of hydrogen-bond donors (Lipinski definition) is 3. The smallest absolute Gasteiger partial charge is 0.262 e. The minimum atomic E-state index is -4.89. The summed E-state index contributed by atoms with van der Waals surface area (Å²) in [5, 5.41) is 10.9. The van der Waals surface area contributed by atoms with Gasteiger partial charge >= 0.3 is 0 Å². The van der Waals surface area contributed by atoms with Crippen LogP contribution in [0.3, 0.4) is 0 Å². The zero-order chi connectivity index (χ0) is 18.3. The molecular weight excluding hydrogens is 321 g/mol. The summed E-state index contributed by atoms with van der Waals surface area (Å²) in [6.45, 7) is 4.95. The number of aliphatic hydroxyl groups is 1. The summed E-state index contributed by atoms with van der Waals surface area (Å²) in [4.78, 5) is 25.0. The maximum Gasteiger partial charge on any atom is 0.262 e. The quantitative estimate of drug-likeness (QED) is 0.655. The molecule has 0 saturated heterocycles. The Morgan fingerprint density at radius 3 is 2.30 bits per heavy atom. The van der Waals surface area contributed by atoms with Crippen molar-refractivity contribution >= 4 is 7.82 Å². The van der Waals surface area contributed by atoms with E-state index in [0.717, 1.165) is 17.9 Å². The number of hydrogen-bond acceptors (Lipinski definition) is 5. The van der Waals surface area contributed by atoms with Crippen LogP contribution in [0.15, 0.2) is 24.3 Å². The van der Waals surface area contributed by atoms with Crippen LogP contribution < -0.4 is 9.63 Å². The van der Waals surface area contributed by atoms with Gasteiger partial charge in [0.2, 0.25) is 0 Å². The predicted octanol–water partition coefficient (Wildman–Crippen LogP) is 0.930. The average molecular weight is 348 g/mol. The van der Waals surface area contributed by atoms with Crippen LogP contribution >= 0.6 is 7.82 Å². The summed E-state index contributed by atoms with van der Waals surface area (Å²) in [6, 6.07) is 7.72. The lowest BCUT2D eigenvalue weighted by Gasteiger charge is -2.35. The van der Waals surface area contributed by atoms with Crippen molar-refractivity contribution in [1.82, 2.24) is 4.90 Å². The highest BCUT2D eigenvalue weighted by Gasteiger charge is 2.34. The van der Waals surface area contributed by atoms with Gasteiger partial charge in [0.1, 0.15) is 5.75 Å². The summed E-state index contributed by atoms with van der Waals surface area (Å²) in [5.74, 6) is 0.945. The largest absolute Gasteiger partial charge is 0.756 e. The maximum absolute atomic E-state index is 10.9. The molecule has 1 aromatic carbocycles. The second kappa shape index (κ2) is 9.37. The Morgan fingerprint density at radius 1 is 1.39 bits per heavy atom. The van der Waals surface area contributed by atoms with E-state index in [1.165, 1.54) is 0 Å². The first-order valence-corrected chi connectivity index (χ1v) is 8.75. The van der Waals surface area contributed by atoms with Crippen molar-refractivity contribution in [2.45, 2.75) is 25.9 Å². The number of nitrogens with zero attached hydrogens (tertiary/aromatic N) is 1. The van der Waals surface area contributed by atoms with Crippen LogP contribution in [0.4, 0.5) is 0 Å². The molecule has 0 aliphatic carbocycles. The lowest BCUT2D eigenvalue weighted by atomic mass is 9.80. The number of benzene rings is 1. The van der Waals surface area contributed by atoms with Crippen LogP contribution in [0.2, 0.25) is 0 Å². The second-order valence-electron chi connectivity index (χ2n) is 5.66. The standard InChI is InChI=1S/C15H25NO2.H3O4P/c1-6-15(17,12(2)11-16(3)4)13-8-7-9-14(10-13)18-5;1-5(2,3)4/h7-10,12,17H,6,11H2,1-5H3;(H3,1,2,3,4)/p-1/t12-,15-;/m0./s1. The summed E-state index contributed by atoms with van der Waals surface area (Å²) in [7, 11) is 0.809. The third-order valence-corrected chi connectivity index (χ3v) is 3.56. The van der Waals surface area contributed by atoms with Gasteiger partial charge in [-0.1, -0.05) is 26.0 Å². The van der Waals surface area contributed by atoms with Gasteiger partial charge in [-0.15, -0.1) is 0 Å². The normalized spacial score (nSPS) is 15.4. The Kier molecular flexibility index (Phi) is 8.98. The maximum atomic E-state index is 10.9. The Bertz CT molecular complexity index is 510. The Morgan fingerprint density at radius 2 is 1.91 bits per heavy atom. The molecule has 0 fully saturated rings. The topological polar surface area (TPSA) is 113 Å². The molecule has 0 aromatic heterocycles. The van der Waals surface area contributed by atoms with E-state index in [2.05, 4.69) is 11.8 Å². The third kappa shape index (κ3) is 8.46. The lowest BCUT2D eigenvalue weighted by molar-refractivity contribution is -0.214. The second-order valence-corrected chi connectivity index (χ2v) is 6.64. The molecule has 0 aliphatic heterocycles. The molecule has 1 aromatic rings. The van der Waals surface area contributed by atoms with Gasteiger partial charge in [0.25, 0.3) is 7.82 Å². The molecule has 8 heteroatoms. The van der Waals surface area contributed by atoms with Gasteiger partial charge in [-0.2, -0.15) is 0 Å². The Hall–Kier alpha value is -0.950. The highest BCUT2D eigenvalue weighted by Crippen LogP contribution is 2.34. The SMILES string of the molecule is CC[C@@](O)(c1cccc(OC)c1)[C@@H](C)CN(C)C.O=P([O-])(O)O. The lowest BCUT2D eigenvalue weighted by Crippen LogP contribution is -2.38. The number of phosphoric acid groups is 1. The molecule has 134 valence electrons. The molecule has 7 nitrogen and oxygen atoms in total. The van der Waals surface area contributed by atoms with E-state index >= 15 is 0 Å². The highest BCUT2D eigenvalue weighted by atomic mass is 31.2. The first-order valence-electron chi connectivity index (χ1n) is 7.22. The van der Waals surface area contributed by atoms with Crippen molar-refractivity contribution in [3.8, 4) is 5.75 Å². The minimum absolute atomic E-state index is 0.157. The van der Waals surface area contributed by atoms with E-state index in [9.17, 15) is 5.11 Å². The molecule has 0 amide bonds. The van der Waals surface area contributed by atoms with E-state index < -0.39 is 13.4 Å². The molecule has 0 saturated carbocycles. The molecule has 0 unspecified atom stereocenters. The summed E-state index contributed by atoms with van der Waals surface area (Å²) in [6.07, 6.45) is 0.690. The fourth-order valence-electron chi connectivity index (χ4n) is 2.43. The van der Waals surface area contributed by atoms with E-state index in [0.29, 0.717) is 6.42 Å². The van der Waals surface area contributed by atoms with Gasteiger partial charge in [-0.25, -0.2) is 0 Å². The van der Waals surface area contributed by atoms with Crippen molar-refractivity contribution < 1.29 is 29.1 Å². The van der Waals surface area contributed by atoms with Crippen LogP contribution in [0, 0.1) is 5.92 Å². The van der Waals surface area contributed by atoms with Crippen molar-refractivity contribution in [2.75, 3.05) is 27.7 Å². The molecule has 3 N–H and O–H groups in total. The Balaban J connectivity index is 0.000000841. The van der Waals surface area contributed by atoms with Crippen LogP contribution in [-0.2, 0) is 10.2 Å². The van der Waals surface area contributed by atoms with Gasteiger partial charge < -0.3 is 29.4 Å². The third-order valence-electron chi connectivity index (χ3n) is 3.56. The van der Waals surface area contributed by atoms with E-state index in [4.69, 9.17) is 24.0 Å². The molecular formula is C15H27NO6P-. The van der Waals surface area contributed by atoms with Gasteiger partial charge in [0.15, 0.2) is 0 Å². The van der Waals surface area contributed by atoms with Crippen LogP contribution in [0.1, 0.15) is 25.8 Å². The molecule has 0 heterocycles. The van der Waals surface area contributed by atoms with Gasteiger partial charge in [0.05, 0.1) is 12.7 Å². The summed E-state index contributed by atoms with van der Waals surface area (Å²) in [5.41, 5.74) is 0.123. The van der Waals surface area contributed by atoms with Crippen molar-refractivity contribution in [1.29, 1.82) is 0 Å². The molecule has 23 heavy (non-hydrogen) atoms. The molecule has 0 radical (unpaired) electrons. The van der Waals surface area contributed by atoms with Gasteiger partial charge in [-0.05, 0) is 38.2 Å². The first kappa shape index (κ1) is 22.1. The number of ether oxygens (including phenoxy) is 1. The number of rotatable bonds is 6. The van der Waals surface area contributed by atoms with Crippen LogP contribution in [-0.4, -0.2) is 47.5 Å². The minimum Gasteiger partial charge on any atom is -0.756 e. The zero-order valence-electron chi connectivity index (χ0n) is 14.3. The summed E-state index contributed by atoms with van der Waals surface area (Å²) < 4.78 is 14.0. The van der Waals surface area contributed by atoms with E-state index in [-0.39, 0.29) is 5.92 Å². The number of methoxy groups -OCH3 is 1. The zero-order valence-corrected chi connectivity index (χ0v) is 15.2. The monoisotopic (exact) mass is 348 g/mol. The van der Waals surface area contributed by atoms with Crippen LogP contribution in [0.5, 0.6) is 5.75 Å². The van der Waals surface area contributed by atoms with E-state index in [1.54, 1.807) is 7.11 Å². The molecule has 0 aliphatic rings. The first-order chi connectivity index (χ1) is 10.4. The molecule has 0 bridgehead atoms. The predicted molar refractivity (Wildman–Crippen MR) is 86.9 cm³/mol. The van der Waals surface area contributed by atoms with Gasteiger partial charge in [0, 0.05) is 12.5 Å². The van der Waals surface area contributed by atoms with E-state index in [1.807, 2.05) is 45.3 Å². The van der Waals surface area contributed by atoms with Crippen molar-refractivity contribution in [2.24, 2.45) is 5.92 Å². The fourth-order valence-corrected chi connectivity index (χ4v) is 2.43. The van der Waals surface area contributed by atoms with Crippen molar-refractivity contribution in [3.05, 3.63) is 29.8 Å². The van der Waals surface area contributed by atoms with Gasteiger partial charge in [-0.3, -0.25) is 4.57 Å². The average Bonchev–Trinajstić information content (AvgIpc) is 2.43. The molecule has 2 atom stereocenters. The highest BCUT2D eigenvalue weighted by molar-refractivity contribution is 7.43. The van der Waals surface area contributed by atoms with Crippen LogP contribution in [0.25, 0.3) is 0 Å². The summed E-state index contributed by atoms with van der Waals surface area (Å²) >= 11 is 0. The van der Waals surface area contributed by atoms with Crippen molar-refractivity contribution in [3.63, 3.8) is 0 Å². The molecule has 0 spiro atoms. The molecule has 1 rings (SSSR count). The Labute approximate surface area is 137 Å².